The first-order valence-electron chi connectivity index (χ1n) is 5.28. The summed E-state index contributed by atoms with van der Waals surface area (Å²) in [6, 6.07) is 9.90. The van der Waals surface area contributed by atoms with E-state index in [1.807, 2.05) is 37.3 Å². The molecule has 3 heteroatoms. The predicted molar refractivity (Wildman–Crippen MR) is 63.6 cm³/mol. The molecule has 1 aliphatic carbocycles. The van der Waals surface area contributed by atoms with Crippen molar-refractivity contribution in [2.24, 2.45) is 0 Å². The van der Waals surface area contributed by atoms with Crippen LogP contribution in [0.15, 0.2) is 30.3 Å². The second kappa shape index (κ2) is 4.99. The molecule has 0 spiro atoms. The van der Waals surface area contributed by atoms with E-state index in [-0.39, 0.29) is 12.2 Å². The Morgan fingerprint density at radius 2 is 2.07 bits per heavy atom. The lowest BCUT2D eigenvalue weighted by Crippen LogP contribution is -2.52. The van der Waals surface area contributed by atoms with Crippen molar-refractivity contribution < 1.29 is 9.47 Å². The predicted octanol–water partition coefficient (Wildman–Crippen LogP) is 3.01. The van der Waals surface area contributed by atoms with Crippen LogP contribution in [-0.4, -0.2) is 23.6 Å². The second-order valence-corrected chi connectivity index (χ2v) is 4.82. The third-order valence-electron chi connectivity index (χ3n) is 2.57. The lowest BCUT2D eigenvalue weighted by atomic mass is 9.91. The molecule has 0 heterocycles. The molecule has 1 fully saturated rings. The Kier molecular flexibility index (Phi) is 3.65. The molecule has 0 amide bonds. The van der Waals surface area contributed by atoms with Gasteiger partial charge in [-0.15, -0.1) is 0 Å². The van der Waals surface area contributed by atoms with E-state index in [0.29, 0.717) is 4.83 Å². The Morgan fingerprint density at radius 1 is 1.33 bits per heavy atom. The monoisotopic (exact) mass is 270 g/mol. The zero-order valence-electron chi connectivity index (χ0n) is 8.73. The van der Waals surface area contributed by atoms with Crippen LogP contribution < -0.4 is 4.74 Å². The van der Waals surface area contributed by atoms with Crippen molar-refractivity contribution in [3.63, 3.8) is 0 Å². The summed E-state index contributed by atoms with van der Waals surface area (Å²) in [5.74, 6) is 0.923. The number of benzene rings is 1. The lowest BCUT2D eigenvalue weighted by Gasteiger charge is -2.40. The molecule has 1 saturated carbocycles. The van der Waals surface area contributed by atoms with Crippen molar-refractivity contribution in [2.45, 2.75) is 30.4 Å². The molecule has 0 bridgehead atoms. The zero-order valence-corrected chi connectivity index (χ0v) is 10.3. The number of hydrogen-bond acceptors (Lipinski definition) is 2. The van der Waals surface area contributed by atoms with Gasteiger partial charge in [-0.25, -0.2) is 0 Å². The van der Waals surface area contributed by atoms with E-state index in [4.69, 9.17) is 9.47 Å². The highest BCUT2D eigenvalue weighted by Gasteiger charge is 2.42. The molecule has 3 atom stereocenters. The standard InChI is InChI=1S/C12H15BrO2/c1-2-14-12-10(13)8-11(12)15-9-6-4-3-5-7-9/h3-7,10-12H,2,8H2,1H3. The van der Waals surface area contributed by atoms with Gasteiger partial charge in [0.15, 0.2) is 0 Å². The molecule has 0 aliphatic heterocycles. The van der Waals surface area contributed by atoms with E-state index in [2.05, 4.69) is 15.9 Å². The second-order valence-electron chi connectivity index (χ2n) is 3.64. The lowest BCUT2D eigenvalue weighted by molar-refractivity contribution is -0.0723. The molecule has 0 N–H and O–H groups in total. The van der Waals surface area contributed by atoms with Crippen molar-refractivity contribution in [3.05, 3.63) is 30.3 Å². The summed E-state index contributed by atoms with van der Waals surface area (Å²) in [5.41, 5.74) is 0. The summed E-state index contributed by atoms with van der Waals surface area (Å²) in [5, 5.41) is 0. The summed E-state index contributed by atoms with van der Waals surface area (Å²) in [4.78, 5) is 0.436. The number of hydrogen-bond donors (Lipinski definition) is 0. The van der Waals surface area contributed by atoms with Gasteiger partial charge in [0.25, 0.3) is 0 Å². The van der Waals surface area contributed by atoms with Crippen LogP contribution in [0.3, 0.4) is 0 Å². The molecule has 2 rings (SSSR count). The van der Waals surface area contributed by atoms with E-state index in [1.165, 1.54) is 0 Å². The van der Waals surface area contributed by atoms with E-state index in [1.54, 1.807) is 0 Å². The first kappa shape index (κ1) is 11.0. The van der Waals surface area contributed by atoms with Gasteiger partial charge in [0.05, 0.1) is 0 Å². The third kappa shape index (κ3) is 2.52. The third-order valence-corrected chi connectivity index (χ3v) is 3.47. The van der Waals surface area contributed by atoms with Gasteiger partial charge >= 0.3 is 0 Å². The van der Waals surface area contributed by atoms with Crippen molar-refractivity contribution >= 4 is 15.9 Å². The number of alkyl halides is 1. The van der Waals surface area contributed by atoms with Gasteiger partial charge in [0, 0.05) is 17.9 Å². The Labute approximate surface area is 98.7 Å². The molecule has 2 nitrogen and oxygen atoms in total. The smallest absolute Gasteiger partial charge is 0.127 e. The first-order chi connectivity index (χ1) is 7.31. The fourth-order valence-corrected chi connectivity index (χ4v) is 2.58. The van der Waals surface area contributed by atoms with E-state index >= 15 is 0 Å². The highest BCUT2D eigenvalue weighted by molar-refractivity contribution is 9.09. The van der Waals surface area contributed by atoms with Crippen LogP contribution in [0.2, 0.25) is 0 Å². The number of halogens is 1. The van der Waals surface area contributed by atoms with Crippen LogP contribution in [0.5, 0.6) is 5.75 Å². The summed E-state index contributed by atoms with van der Waals surface area (Å²) >= 11 is 3.58. The molecule has 82 valence electrons. The Bertz CT molecular complexity index is 302. The molecular weight excluding hydrogens is 256 g/mol. The van der Waals surface area contributed by atoms with Crippen LogP contribution in [0.4, 0.5) is 0 Å². The molecule has 3 unspecified atom stereocenters. The maximum atomic E-state index is 5.83. The number of rotatable bonds is 4. The maximum Gasteiger partial charge on any atom is 0.127 e. The molecule has 0 saturated heterocycles. The quantitative estimate of drug-likeness (QED) is 0.784. The van der Waals surface area contributed by atoms with Crippen molar-refractivity contribution in [3.8, 4) is 5.75 Å². The normalized spacial score (nSPS) is 29.6. The van der Waals surface area contributed by atoms with Gasteiger partial charge < -0.3 is 9.47 Å². The molecule has 1 aromatic rings. The van der Waals surface area contributed by atoms with E-state index in [9.17, 15) is 0 Å². The fourth-order valence-electron chi connectivity index (χ4n) is 1.72. The van der Waals surface area contributed by atoms with Crippen molar-refractivity contribution in [1.29, 1.82) is 0 Å². The van der Waals surface area contributed by atoms with Crippen LogP contribution in [0.25, 0.3) is 0 Å². The summed E-state index contributed by atoms with van der Waals surface area (Å²) in [7, 11) is 0. The average molecular weight is 271 g/mol. The minimum atomic E-state index is 0.190. The van der Waals surface area contributed by atoms with Crippen LogP contribution in [0, 0.1) is 0 Å². The van der Waals surface area contributed by atoms with Crippen molar-refractivity contribution in [2.75, 3.05) is 6.61 Å². The van der Waals surface area contributed by atoms with Gasteiger partial charge in [-0.1, -0.05) is 34.1 Å². The van der Waals surface area contributed by atoms with Gasteiger partial charge in [0.1, 0.15) is 18.0 Å². The molecule has 0 aromatic heterocycles. The largest absolute Gasteiger partial charge is 0.488 e. The van der Waals surface area contributed by atoms with Gasteiger partial charge in [-0.3, -0.25) is 0 Å². The minimum Gasteiger partial charge on any atom is -0.488 e. The van der Waals surface area contributed by atoms with Crippen LogP contribution in [0.1, 0.15) is 13.3 Å². The number of ether oxygens (including phenoxy) is 2. The Balaban J connectivity index is 1.91. The first-order valence-corrected chi connectivity index (χ1v) is 6.20. The molecule has 15 heavy (non-hydrogen) atoms. The maximum absolute atomic E-state index is 5.83. The van der Waals surface area contributed by atoms with E-state index < -0.39 is 0 Å². The Hall–Kier alpha value is -0.540. The van der Waals surface area contributed by atoms with E-state index in [0.717, 1.165) is 18.8 Å². The van der Waals surface area contributed by atoms with Gasteiger partial charge in [-0.2, -0.15) is 0 Å². The SMILES string of the molecule is CCOC1C(Br)CC1Oc1ccccc1. The molecular formula is C12H15BrO2. The highest BCUT2D eigenvalue weighted by Crippen LogP contribution is 2.33. The molecule has 1 aromatic carbocycles. The Morgan fingerprint density at radius 3 is 2.67 bits per heavy atom. The highest BCUT2D eigenvalue weighted by atomic mass is 79.9. The zero-order chi connectivity index (χ0) is 10.7. The van der Waals surface area contributed by atoms with Crippen molar-refractivity contribution in [1.82, 2.24) is 0 Å². The van der Waals surface area contributed by atoms with Gasteiger partial charge in [0.2, 0.25) is 0 Å². The average Bonchev–Trinajstić information content (AvgIpc) is 2.27. The number of para-hydroxylation sites is 1. The topological polar surface area (TPSA) is 18.5 Å². The molecule has 1 aliphatic rings. The van der Waals surface area contributed by atoms with Crippen LogP contribution >= 0.6 is 15.9 Å². The summed E-state index contributed by atoms with van der Waals surface area (Å²) in [6.07, 6.45) is 1.39. The van der Waals surface area contributed by atoms with Gasteiger partial charge in [-0.05, 0) is 19.1 Å². The summed E-state index contributed by atoms with van der Waals surface area (Å²) in [6.45, 7) is 2.75. The summed E-state index contributed by atoms with van der Waals surface area (Å²) < 4.78 is 11.4. The fraction of sp³-hybridized carbons (Fsp3) is 0.500. The minimum absolute atomic E-state index is 0.190. The molecule has 0 radical (unpaired) electrons. The van der Waals surface area contributed by atoms with Crippen LogP contribution in [-0.2, 0) is 4.74 Å².